The molecule has 0 saturated carbocycles. The monoisotopic (exact) mass is 315 g/mol. The second kappa shape index (κ2) is 6.07. The van der Waals surface area contributed by atoms with Gasteiger partial charge in [-0.2, -0.15) is 5.10 Å². The van der Waals surface area contributed by atoms with E-state index in [0.717, 1.165) is 24.2 Å². The predicted molar refractivity (Wildman–Crippen MR) is 81.7 cm³/mol. The van der Waals surface area contributed by atoms with Gasteiger partial charge in [0, 0.05) is 16.5 Å². The lowest BCUT2D eigenvalue weighted by Crippen LogP contribution is -2.11. The number of halogens is 2. The van der Waals surface area contributed by atoms with Crippen molar-refractivity contribution >= 4 is 35.4 Å². The molecule has 0 aliphatic carbocycles. The highest BCUT2D eigenvalue weighted by molar-refractivity contribution is 7.71. The molecule has 1 N–H and O–H groups in total. The van der Waals surface area contributed by atoms with E-state index in [-0.39, 0.29) is 6.04 Å². The van der Waals surface area contributed by atoms with Crippen LogP contribution in [-0.2, 0) is 6.42 Å². The molecule has 1 unspecified atom stereocenters. The molecular formula is C13H15Cl2N3S. The van der Waals surface area contributed by atoms with Crippen molar-refractivity contribution in [1.82, 2.24) is 14.8 Å². The summed E-state index contributed by atoms with van der Waals surface area (Å²) in [6.45, 7) is 4.17. The summed E-state index contributed by atoms with van der Waals surface area (Å²) in [5.41, 5.74) is 0.987. The maximum Gasteiger partial charge on any atom is 0.195 e. The van der Waals surface area contributed by atoms with Crippen molar-refractivity contribution in [3.05, 3.63) is 44.4 Å². The van der Waals surface area contributed by atoms with Crippen LogP contribution in [0.2, 0.25) is 10.0 Å². The lowest BCUT2D eigenvalue weighted by molar-refractivity contribution is 0.590. The first-order valence-corrected chi connectivity index (χ1v) is 7.31. The summed E-state index contributed by atoms with van der Waals surface area (Å²) in [7, 11) is 0. The zero-order valence-electron chi connectivity index (χ0n) is 10.8. The standard InChI is InChI=1S/C13H15Cl2N3S/c1-3-4-12-16-17-13(19)18(12)8(2)10-6-5-9(14)7-11(10)15/h5-8H,3-4H2,1-2H3,(H,17,19). The Labute approximate surface area is 127 Å². The second-order valence-electron chi connectivity index (χ2n) is 4.41. The van der Waals surface area contributed by atoms with Gasteiger partial charge in [0.05, 0.1) is 6.04 Å². The van der Waals surface area contributed by atoms with Crippen LogP contribution in [0.25, 0.3) is 0 Å². The van der Waals surface area contributed by atoms with Crippen molar-refractivity contribution in [2.75, 3.05) is 0 Å². The number of nitrogens with one attached hydrogen (secondary N) is 1. The normalized spacial score (nSPS) is 12.6. The molecular weight excluding hydrogens is 301 g/mol. The summed E-state index contributed by atoms with van der Waals surface area (Å²) >= 11 is 17.5. The highest BCUT2D eigenvalue weighted by Gasteiger charge is 2.16. The Morgan fingerprint density at radius 2 is 2.16 bits per heavy atom. The molecule has 0 radical (unpaired) electrons. The van der Waals surface area contributed by atoms with Crippen molar-refractivity contribution in [3.8, 4) is 0 Å². The van der Waals surface area contributed by atoms with Gasteiger partial charge < -0.3 is 0 Å². The van der Waals surface area contributed by atoms with Crippen molar-refractivity contribution in [3.63, 3.8) is 0 Å². The van der Waals surface area contributed by atoms with E-state index < -0.39 is 0 Å². The van der Waals surface area contributed by atoms with Crippen molar-refractivity contribution in [1.29, 1.82) is 0 Å². The third-order valence-electron chi connectivity index (χ3n) is 3.05. The molecule has 1 aromatic carbocycles. The molecule has 0 spiro atoms. The SMILES string of the molecule is CCCc1n[nH]c(=S)n1C(C)c1ccc(Cl)cc1Cl. The first-order valence-electron chi connectivity index (χ1n) is 6.15. The Bertz CT molecular complexity index is 633. The maximum atomic E-state index is 6.26. The molecule has 1 heterocycles. The van der Waals surface area contributed by atoms with Gasteiger partial charge in [-0.3, -0.25) is 9.67 Å². The third-order valence-corrected chi connectivity index (χ3v) is 3.90. The number of hydrogen-bond donors (Lipinski definition) is 1. The summed E-state index contributed by atoms with van der Waals surface area (Å²) in [5.74, 6) is 0.950. The molecule has 0 aliphatic rings. The topological polar surface area (TPSA) is 33.6 Å². The number of aromatic amines is 1. The summed E-state index contributed by atoms with van der Waals surface area (Å²) in [6.07, 6.45) is 1.89. The molecule has 0 aliphatic heterocycles. The quantitative estimate of drug-likeness (QED) is 0.821. The number of aromatic nitrogens is 3. The zero-order valence-corrected chi connectivity index (χ0v) is 13.1. The largest absolute Gasteiger partial charge is 0.297 e. The molecule has 6 heteroatoms. The second-order valence-corrected chi connectivity index (χ2v) is 5.64. The van der Waals surface area contributed by atoms with E-state index in [1.54, 1.807) is 6.07 Å². The summed E-state index contributed by atoms with van der Waals surface area (Å²) in [4.78, 5) is 0. The molecule has 3 nitrogen and oxygen atoms in total. The molecule has 2 aromatic rings. The fourth-order valence-electron chi connectivity index (χ4n) is 2.12. The van der Waals surface area contributed by atoms with E-state index in [4.69, 9.17) is 35.4 Å². The first-order chi connectivity index (χ1) is 9.04. The van der Waals surface area contributed by atoms with Gasteiger partial charge in [0.15, 0.2) is 4.77 Å². The smallest absolute Gasteiger partial charge is 0.195 e. The molecule has 1 atom stereocenters. The number of aryl methyl sites for hydroxylation is 1. The van der Waals surface area contributed by atoms with Crippen LogP contribution in [0.3, 0.4) is 0 Å². The van der Waals surface area contributed by atoms with E-state index in [1.807, 2.05) is 16.7 Å². The van der Waals surface area contributed by atoms with Crippen LogP contribution in [0, 0.1) is 4.77 Å². The minimum Gasteiger partial charge on any atom is -0.297 e. The minimum absolute atomic E-state index is 0.0255. The van der Waals surface area contributed by atoms with Crippen LogP contribution in [-0.4, -0.2) is 14.8 Å². The number of nitrogens with zero attached hydrogens (tertiary/aromatic N) is 2. The van der Waals surface area contributed by atoms with Gasteiger partial charge in [-0.1, -0.05) is 36.2 Å². The Morgan fingerprint density at radius 1 is 1.42 bits per heavy atom. The Balaban J connectivity index is 2.46. The Kier molecular flexibility index (Phi) is 4.66. The lowest BCUT2D eigenvalue weighted by atomic mass is 10.1. The summed E-state index contributed by atoms with van der Waals surface area (Å²) in [5, 5.41) is 8.40. The van der Waals surface area contributed by atoms with Gasteiger partial charge in [0.25, 0.3) is 0 Å². The molecule has 2 rings (SSSR count). The summed E-state index contributed by atoms with van der Waals surface area (Å²) in [6, 6.07) is 5.54. The first kappa shape index (κ1) is 14.6. The maximum absolute atomic E-state index is 6.26. The van der Waals surface area contributed by atoms with Crippen LogP contribution in [0.1, 0.15) is 37.7 Å². The van der Waals surface area contributed by atoms with Crippen molar-refractivity contribution in [2.24, 2.45) is 0 Å². The lowest BCUT2D eigenvalue weighted by Gasteiger charge is -2.17. The van der Waals surface area contributed by atoms with Gasteiger partial charge in [0.1, 0.15) is 5.82 Å². The average Bonchev–Trinajstić information content (AvgIpc) is 2.70. The average molecular weight is 316 g/mol. The van der Waals surface area contributed by atoms with Gasteiger partial charge in [0.2, 0.25) is 0 Å². The van der Waals surface area contributed by atoms with Crippen LogP contribution in [0.15, 0.2) is 18.2 Å². The van der Waals surface area contributed by atoms with E-state index in [1.165, 1.54) is 0 Å². The van der Waals surface area contributed by atoms with Gasteiger partial charge >= 0.3 is 0 Å². The van der Waals surface area contributed by atoms with E-state index in [0.29, 0.717) is 14.8 Å². The molecule has 19 heavy (non-hydrogen) atoms. The molecule has 0 fully saturated rings. The van der Waals surface area contributed by atoms with Crippen LogP contribution in [0.4, 0.5) is 0 Å². The van der Waals surface area contributed by atoms with Crippen LogP contribution in [0.5, 0.6) is 0 Å². The molecule has 0 amide bonds. The highest BCUT2D eigenvalue weighted by Crippen LogP contribution is 2.29. The Morgan fingerprint density at radius 3 is 2.79 bits per heavy atom. The van der Waals surface area contributed by atoms with Crippen molar-refractivity contribution < 1.29 is 0 Å². The van der Waals surface area contributed by atoms with E-state index in [2.05, 4.69) is 24.0 Å². The fraction of sp³-hybridized carbons (Fsp3) is 0.385. The van der Waals surface area contributed by atoms with Gasteiger partial charge in [-0.15, -0.1) is 0 Å². The zero-order chi connectivity index (χ0) is 14.0. The molecule has 1 aromatic heterocycles. The molecule has 102 valence electrons. The van der Waals surface area contributed by atoms with E-state index >= 15 is 0 Å². The van der Waals surface area contributed by atoms with Crippen LogP contribution < -0.4 is 0 Å². The number of benzene rings is 1. The predicted octanol–water partition coefficient (Wildman–Crippen LogP) is 4.81. The van der Waals surface area contributed by atoms with Gasteiger partial charge in [-0.25, -0.2) is 0 Å². The molecule has 0 bridgehead atoms. The number of rotatable bonds is 4. The van der Waals surface area contributed by atoms with E-state index in [9.17, 15) is 0 Å². The Hall–Kier alpha value is -0.840. The summed E-state index contributed by atoms with van der Waals surface area (Å²) < 4.78 is 2.62. The minimum atomic E-state index is 0.0255. The highest BCUT2D eigenvalue weighted by atomic mass is 35.5. The van der Waals surface area contributed by atoms with Crippen LogP contribution >= 0.6 is 35.4 Å². The fourth-order valence-corrected chi connectivity index (χ4v) is 2.99. The number of hydrogen-bond acceptors (Lipinski definition) is 2. The van der Waals surface area contributed by atoms with Gasteiger partial charge in [-0.05, 0) is 43.3 Å². The van der Waals surface area contributed by atoms with Crippen molar-refractivity contribution in [2.45, 2.75) is 32.7 Å². The number of H-pyrrole nitrogens is 1. The molecule has 0 saturated heterocycles. The third kappa shape index (κ3) is 3.02.